The highest BCUT2D eigenvalue weighted by atomic mass is 32.1. The van der Waals surface area contributed by atoms with Crippen LogP contribution in [0.4, 0.5) is 5.00 Å². The lowest BCUT2D eigenvalue weighted by Crippen LogP contribution is -2.36. The smallest absolute Gasteiger partial charge is 0.265 e. The number of hydrogen-bond donors (Lipinski definition) is 1. The van der Waals surface area contributed by atoms with Gasteiger partial charge in [0, 0.05) is 18.0 Å². The Hall–Kier alpha value is -3.63. The number of para-hydroxylation sites is 1. The van der Waals surface area contributed by atoms with Gasteiger partial charge in [0.25, 0.3) is 11.8 Å². The van der Waals surface area contributed by atoms with E-state index in [0.29, 0.717) is 21.9 Å². The summed E-state index contributed by atoms with van der Waals surface area (Å²) in [6.07, 6.45) is 2.26. The second-order valence-electron chi connectivity index (χ2n) is 8.34. The molecule has 2 heterocycles. The second-order valence-corrected chi connectivity index (χ2v) is 9.36. The summed E-state index contributed by atoms with van der Waals surface area (Å²) >= 11 is 1.40. The summed E-state index contributed by atoms with van der Waals surface area (Å²) in [5, 5.41) is 12.8. The molecule has 0 spiro atoms. The van der Waals surface area contributed by atoms with Gasteiger partial charge >= 0.3 is 0 Å². The van der Waals surface area contributed by atoms with Gasteiger partial charge in [-0.3, -0.25) is 9.59 Å². The minimum atomic E-state index is -0.852. The van der Waals surface area contributed by atoms with Crippen molar-refractivity contribution in [2.24, 2.45) is 0 Å². The van der Waals surface area contributed by atoms with E-state index in [1.165, 1.54) is 11.3 Å². The number of amides is 2. The van der Waals surface area contributed by atoms with E-state index in [9.17, 15) is 14.9 Å². The lowest BCUT2D eigenvalue weighted by molar-refractivity contribution is -0.122. The zero-order valence-electron chi connectivity index (χ0n) is 19.3. The fourth-order valence-electron chi connectivity index (χ4n) is 4.10. The third kappa shape index (κ3) is 4.97. The van der Waals surface area contributed by atoms with E-state index in [4.69, 9.17) is 4.74 Å². The zero-order valence-corrected chi connectivity index (χ0v) is 20.2. The maximum Gasteiger partial charge on any atom is 0.265 e. The van der Waals surface area contributed by atoms with Gasteiger partial charge in [-0.05, 0) is 56.4 Å². The van der Waals surface area contributed by atoms with Crippen LogP contribution >= 0.6 is 11.3 Å². The number of rotatable bonds is 6. The molecule has 0 saturated carbocycles. The van der Waals surface area contributed by atoms with Crippen LogP contribution in [-0.4, -0.2) is 35.9 Å². The summed E-state index contributed by atoms with van der Waals surface area (Å²) in [5.74, 6) is -0.0692. The van der Waals surface area contributed by atoms with Gasteiger partial charge in [-0.15, -0.1) is 11.3 Å². The summed E-state index contributed by atoms with van der Waals surface area (Å²) in [7, 11) is 0. The Kier molecular flexibility index (Phi) is 7.29. The molecule has 1 N–H and O–H groups in total. The number of anilines is 1. The number of carbonyl (C=O) groups is 2. The molecule has 4 rings (SSSR count). The summed E-state index contributed by atoms with van der Waals surface area (Å²) < 4.78 is 5.78. The van der Waals surface area contributed by atoms with E-state index in [0.717, 1.165) is 48.4 Å². The van der Waals surface area contributed by atoms with Crippen molar-refractivity contribution < 1.29 is 14.3 Å². The maximum atomic E-state index is 13.5. The van der Waals surface area contributed by atoms with Gasteiger partial charge in [-0.1, -0.05) is 42.5 Å². The predicted molar refractivity (Wildman–Crippen MR) is 134 cm³/mol. The minimum Gasteiger partial charge on any atom is -0.480 e. The van der Waals surface area contributed by atoms with Crippen LogP contribution in [0.2, 0.25) is 0 Å². The first-order valence-electron chi connectivity index (χ1n) is 11.4. The standard InChI is InChI=1S/C27H27N3O3S/c1-18-23(27(32)30-15-9-4-10-16-30)26(34-24(18)20-11-5-3-6-12-20)29-25(31)19(2)33-22-14-8-7-13-21(22)17-28/h3,5-8,11-14,19H,4,9-10,15-16H2,1-2H3,(H,29,31). The summed E-state index contributed by atoms with van der Waals surface area (Å²) in [6.45, 7) is 5.03. The first-order valence-corrected chi connectivity index (χ1v) is 12.3. The minimum absolute atomic E-state index is 0.0469. The number of ether oxygens (including phenoxy) is 1. The average molecular weight is 474 g/mol. The first-order chi connectivity index (χ1) is 16.5. The fraction of sp³-hybridized carbons (Fsp3) is 0.296. The molecule has 1 aliphatic heterocycles. The molecule has 34 heavy (non-hydrogen) atoms. The van der Waals surface area contributed by atoms with Gasteiger partial charge in [0.05, 0.1) is 11.1 Å². The van der Waals surface area contributed by atoms with Crippen LogP contribution in [0.25, 0.3) is 10.4 Å². The molecule has 0 bridgehead atoms. The van der Waals surface area contributed by atoms with E-state index < -0.39 is 6.10 Å². The van der Waals surface area contributed by atoms with Crippen LogP contribution in [0.1, 0.15) is 47.7 Å². The number of piperidine rings is 1. The Bertz CT molecular complexity index is 1220. The van der Waals surface area contributed by atoms with Crippen LogP contribution in [-0.2, 0) is 4.79 Å². The van der Waals surface area contributed by atoms with E-state index in [1.807, 2.05) is 42.2 Å². The van der Waals surface area contributed by atoms with Crippen LogP contribution in [0.3, 0.4) is 0 Å². The van der Waals surface area contributed by atoms with Crippen LogP contribution in [0.15, 0.2) is 54.6 Å². The Morgan fingerprint density at radius 2 is 1.74 bits per heavy atom. The van der Waals surface area contributed by atoms with Crippen LogP contribution < -0.4 is 10.1 Å². The molecule has 1 unspecified atom stereocenters. The molecular weight excluding hydrogens is 446 g/mol. The normalized spacial score (nSPS) is 14.2. The third-order valence-electron chi connectivity index (χ3n) is 5.96. The van der Waals surface area contributed by atoms with E-state index in [2.05, 4.69) is 11.4 Å². The molecule has 2 aromatic carbocycles. The van der Waals surface area contributed by atoms with Crippen molar-refractivity contribution in [2.45, 2.75) is 39.2 Å². The summed E-state index contributed by atoms with van der Waals surface area (Å²) in [5.41, 5.74) is 2.78. The van der Waals surface area contributed by atoms with Gasteiger partial charge in [0.15, 0.2) is 6.10 Å². The molecule has 7 heteroatoms. The lowest BCUT2D eigenvalue weighted by atomic mass is 10.0. The van der Waals surface area contributed by atoms with Gasteiger partial charge in [0.1, 0.15) is 16.8 Å². The molecule has 0 aliphatic carbocycles. The third-order valence-corrected chi connectivity index (χ3v) is 7.21. The highest BCUT2D eigenvalue weighted by molar-refractivity contribution is 7.20. The van der Waals surface area contributed by atoms with Crippen molar-refractivity contribution in [3.05, 3.63) is 71.3 Å². The van der Waals surface area contributed by atoms with Crippen molar-refractivity contribution in [2.75, 3.05) is 18.4 Å². The first kappa shape index (κ1) is 23.5. The summed E-state index contributed by atoms with van der Waals surface area (Å²) in [6, 6.07) is 18.8. The largest absolute Gasteiger partial charge is 0.480 e. The Morgan fingerprint density at radius 1 is 1.06 bits per heavy atom. The highest BCUT2D eigenvalue weighted by Gasteiger charge is 2.29. The van der Waals surface area contributed by atoms with Gasteiger partial charge in [-0.25, -0.2) is 0 Å². The molecule has 1 fully saturated rings. The SMILES string of the molecule is Cc1c(-c2ccccc2)sc(NC(=O)C(C)Oc2ccccc2C#N)c1C(=O)N1CCCCC1. The molecule has 1 aliphatic rings. The Morgan fingerprint density at radius 3 is 2.44 bits per heavy atom. The van der Waals surface area contributed by atoms with Gasteiger partial charge in [0.2, 0.25) is 0 Å². The maximum absolute atomic E-state index is 13.5. The number of likely N-dealkylation sites (tertiary alicyclic amines) is 1. The molecule has 6 nitrogen and oxygen atoms in total. The zero-order chi connectivity index (χ0) is 24.1. The number of nitriles is 1. The fourth-order valence-corrected chi connectivity index (χ4v) is 5.31. The van der Waals surface area contributed by atoms with Gasteiger partial charge < -0.3 is 15.0 Å². The molecule has 174 valence electrons. The molecule has 0 radical (unpaired) electrons. The summed E-state index contributed by atoms with van der Waals surface area (Å²) in [4.78, 5) is 29.5. The van der Waals surface area contributed by atoms with E-state index >= 15 is 0 Å². The number of nitrogens with one attached hydrogen (secondary N) is 1. The number of nitrogens with zero attached hydrogens (tertiary/aromatic N) is 2. The number of carbonyl (C=O) groups excluding carboxylic acids is 2. The average Bonchev–Trinajstić information content (AvgIpc) is 3.20. The Balaban J connectivity index is 1.63. The predicted octanol–water partition coefficient (Wildman–Crippen LogP) is 5.63. The van der Waals surface area contributed by atoms with Gasteiger partial charge in [-0.2, -0.15) is 5.26 Å². The van der Waals surface area contributed by atoms with Crippen molar-refractivity contribution in [1.82, 2.24) is 4.90 Å². The van der Waals surface area contributed by atoms with Crippen molar-refractivity contribution in [3.8, 4) is 22.3 Å². The van der Waals surface area contributed by atoms with Crippen LogP contribution in [0, 0.1) is 18.3 Å². The monoisotopic (exact) mass is 473 g/mol. The highest BCUT2D eigenvalue weighted by Crippen LogP contribution is 2.41. The van der Waals surface area contributed by atoms with Crippen LogP contribution in [0.5, 0.6) is 5.75 Å². The molecule has 3 aromatic rings. The topological polar surface area (TPSA) is 82.4 Å². The molecule has 1 atom stereocenters. The quantitative estimate of drug-likeness (QED) is 0.503. The number of hydrogen-bond acceptors (Lipinski definition) is 5. The lowest BCUT2D eigenvalue weighted by Gasteiger charge is -2.27. The van der Waals surface area contributed by atoms with Crippen molar-refractivity contribution in [3.63, 3.8) is 0 Å². The van der Waals surface area contributed by atoms with E-state index in [1.54, 1.807) is 31.2 Å². The Labute approximate surface area is 203 Å². The second kappa shape index (κ2) is 10.5. The number of thiophene rings is 1. The number of benzene rings is 2. The molecule has 1 aromatic heterocycles. The molecule has 2 amide bonds. The van der Waals surface area contributed by atoms with Crippen molar-refractivity contribution in [1.29, 1.82) is 5.26 Å². The molecular formula is C27H27N3O3S. The van der Waals surface area contributed by atoms with E-state index in [-0.39, 0.29) is 11.8 Å². The van der Waals surface area contributed by atoms with Crippen molar-refractivity contribution >= 4 is 28.2 Å². The molecule has 1 saturated heterocycles.